The Hall–Kier alpha value is -3.20. The molecule has 0 bridgehead atoms. The topological polar surface area (TPSA) is 38.7 Å². The van der Waals surface area contributed by atoms with Crippen LogP contribution in [0.5, 0.6) is 5.75 Å². The Balaban J connectivity index is 2.05. The predicted molar refractivity (Wildman–Crippen MR) is 95.8 cm³/mol. The van der Waals surface area contributed by atoms with Crippen molar-refractivity contribution in [3.63, 3.8) is 0 Å². The van der Waals surface area contributed by atoms with Gasteiger partial charge in [0.1, 0.15) is 5.75 Å². The first-order valence-electron chi connectivity index (χ1n) is 7.66. The molecule has 0 spiro atoms. The molecule has 0 saturated heterocycles. The van der Waals surface area contributed by atoms with Crippen molar-refractivity contribution in [1.29, 1.82) is 0 Å². The van der Waals surface area contributed by atoms with Gasteiger partial charge in [0.15, 0.2) is 0 Å². The first-order chi connectivity index (χ1) is 11.8. The van der Waals surface area contributed by atoms with E-state index in [9.17, 15) is 4.79 Å². The van der Waals surface area contributed by atoms with Crippen molar-refractivity contribution in [3.05, 3.63) is 102 Å². The Bertz CT molecular complexity index is 814. The zero-order valence-corrected chi connectivity index (χ0v) is 13.3. The van der Waals surface area contributed by atoms with Gasteiger partial charge in [0.2, 0.25) is 0 Å². The molecule has 3 heteroatoms. The van der Waals surface area contributed by atoms with Crippen LogP contribution in [-0.2, 0) is 0 Å². The van der Waals surface area contributed by atoms with Crippen LogP contribution in [-0.4, -0.2) is 18.7 Å². The lowest BCUT2D eigenvalue weighted by atomic mass is 10.0. The molecule has 0 atom stereocenters. The molecule has 118 valence electrons. The van der Waals surface area contributed by atoms with Crippen molar-refractivity contribution in [3.8, 4) is 5.75 Å². The van der Waals surface area contributed by atoms with Gasteiger partial charge in [0.05, 0.1) is 12.8 Å². The molecule has 0 aliphatic heterocycles. The quantitative estimate of drug-likeness (QED) is 0.670. The van der Waals surface area contributed by atoms with Crippen molar-refractivity contribution < 1.29 is 9.53 Å². The minimum Gasteiger partial charge on any atom is -0.497 e. The van der Waals surface area contributed by atoms with Crippen LogP contribution >= 0.6 is 0 Å². The molecule has 0 aliphatic rings. The predicted octanol–water partition coefficient (Wildman–Crippen LogP) is 4.37. The van der Waals surface area contributed by atoms with E-state index >= 15 is 0 Å². The fraction of sp³-hybridized carbons (Fsp3) is 0.0476. The van der Waals surface area contributed by atoms with Crippen LogP contribution in [0.1, 0.15) is 21.5 Å². The summed E-state index contributed by atoms with van der Waals surface area (Å²) < 4.78 is 5.18. The van der Waals surface area contributed by atoms with Crippen LogP contribution in [0.3, 0.4) is 0 Å². The van der Waals surface area contributed by atoms with Gasteiger partial charge >= 0.3 is 0 Å². The lowest BCUT2D eigenvalue weighted by molar-refractivity contribution is 0.100. The van der Waals surface area contributed by atoms with Crippen molar-refractivity contribution in [1.82, 2.24) is 0 Å². The molecule has 0 unspecified atom stereocenters. The van der Waals surface area contributed by atoms with Gasteiger partial charge in [-0.25, -0.2) is 4.99 Å². The van der Waals surface area contributed by atoms with Crippen molar-refractivity contribution in [2.24, 2.45) is 4.99 Å². The number of rotatable bonds is 4. The molecule has 3 nitrogen and oxygen atoms in total. The summed E-state index contributed by atoms with van der Waals surface area (Å²) in [6, 6.07) is 26.4. The average Bonchev–Trinajstić information content (AvgIpc) is 2.67. The highest BCUT2D eigenvalue weighted by Crippen LogP contribution is 2.16. The van der Waals surface area contributed by atoms with Crippen molar-refractivity contribution in [2.45, 2.75) is 0 Å². The highest BCUT2D eigenvalue weighted by atomic mass is 16.5. The maximum Gasteiger partial charge on any atom is 0.277 e. The maximum absolute atomic E-state index is 12.6. The summed E-state index contributed by atoms with van der Waals surface area (Å²) in [5.41, 5.74) is 2.96. The van der Waals surface area contributed by atoms with E-state index in [1.165, 1.54) is 0 Å². The number of nitrogens with zero attached hydrogens (tertiary/aromatic N) is 1. The number of aliphatic imine (C=N–C) groups is 1. The summed E-state index contributed by atoms with van der Waals surface area (Å²) in [5, 5.41) is 0. The molecule has 0 saturated carbocycles. The van der Waals surface area contributed by atoms with E-state index in [4.69, 9.17) is 4.74 Å². The third kappa shape index (κ3) is 3.58. The number of carbonyl (C=O) groups is 1. The number of ether oxygens (including phenoxy) is 1. The summed E-state index contributed by atoms with van der Waals surface area (Å²) in [7, 11) is 1.58. The van der Waals surface area contributed by atoms with Gasteiger partial charge in [-0.05, 0) is 18.2 Å². The SMILES string of the molecule is COc1cccc(C(=O)N=C(c2ccccc2)c2ccccc2)c1. The standard InChI is InChI=1S/C21H17NO2/c1-24-19-14-8-13-18(15-19)21(23)22-20(16-9-4-2-5-10-16)17-11-6-3-7-12-17/h2-15H,1H3. The Morgan fingerprint density at radius 3 is 1.83 bits per heavy atom. The van der Waals surface area contributed by atoms with Crippen LogP contribution in [0.15, 0.2) is 89.9 Å². The third-order valence-corrected chi connectivity index (χ3v) is 3.62. The van der Waals surface area contributed by atoms with Gasteiger partial charge in [-0.1, -0.05) is 66.7 Å². The molecule has 0 heterocycles. The van der Waals surface area contributed by atoms with Crippen LogP contribution in [0.2, 0.25) is 0 Å². The van der Waals surface area contributed by atoms with E-state index in [0.29, 0.717) is 17.0 Å². The molecule has 1 amide bonds. The van der Waals surface area contributed by atoms with Crippen LogP contribution in [0.4, 0.5) is 0 Å². The third-order valence-electron chi connectivity index (χ3n) is 3.62. The molecular formula is C21H17NO2. The largest absolute Gasteiger partial charge is 0.497 e. The van der Waals surface area contributed by atoms with E-state index in [-0.39, 0.29) is 5.91 Å². The van der Waals surface area contributed by atoms with Gasteiger partial charge in [-0.2, -0.15) is 0 Å². The summed E-state index contributed by atoms with van der Waals surface area (Å²) in [4.78, 5) is 17.0. The smallest absolute Gasteiger partial charge is 0.277 e. The highest BCUT2D eigenvalue weighted by Gasteiger charge is 2.11. The fourth-order valence-corrected chi connectivity index (χ4v) is 2.41. The van der Waals surface area contributed by atoms with Gasteiger partial charge in [0, 0.05) is 16.7 Å². The molecule has 24 heavy (non-hydrogen) atoms. The molecule has 3 aromatic carbocycles. The molecule has 3 rings (SSSR count). The van der Waals surface area contributed by atoms with E-state index < -0.39 is 0 Å². The zero-order chi connectivity index (χ0) is 16.8. The summed E-state index contributed by atoms with van der Waals surface area (Å²) in [6.07, 6.45) is 0. The minimum absolute atomic E-state index is 0.295. The van der Waals surface area contributed by atoms with Gasteiger partial charge in [-0.15, -0.1) is 0 Å². The Kier molecular flexibility index (Phi) is 4.82. The van der Waals surface area contributed by atoms with E-state index in [1.807, 2.05) is 60.7 Å². The molecule has 0 aliphatic carbocycles. The van der Waals surface area contributed by atoms with Crippen LogP contribution in [0, 0.1) is 0 Å². The summed E-state index contributed by atoms with van der Waals surface area (Å²) in [6.45, 7) is 0. The number of benzene rings is 3. The molecular weight excluding hydrogens is 298 g/mol. The number of hydrogen-bond acceptors (Lipinski definition) is 2. The van der Waals surface area contributed by atoms with Crippen molar-refractivity contribution in [2.75, 3.05) is 7.11 Å². The van der Waals surface area contributed by atoms with Crippen molar-refractivity contribution >= 4 is 11.6 Å². The number of carbonyl (C=O) groups excluding carboxylic acids is 1. The zero-order valence-electron chi connectivity index (χ0n) is 13.3. The molecule has 0 radical (unpaired) electrons. The molecule has 0 aromatic heterocycles. The Morgan fingerprint density at radius 2 is 1.29 bits per heavy atom. The van der Waals surface area contributed by atoms with Crippen LogP contribution < -0.4 is 4.74 Å². The van der Waals surface area contributed by atoms with Gasteiger partial charge in [0.25, 0.3) is 5.91 Å². The maximum atomic E-state index is 12.6. The molecule has 0 fully saturated rings. The molecule has 3 aromatic rings. The first kappa shape index (κ1) is 15.7. The van der Waals surface area contributed by atoms with E-state index in [1.54, 1.807) is 31.4 Å². The van der Waals surface area contributed by atoms with Crippen LogP contribution in [0.25, 0.3) is 0 Å². The average molecular weight is 315 g/mol. The first-order valence-corrected chi connectivity index (χ1v) is 7.66. The summed E-state index contributed by atoms with van der Waals surface area (Å²) in [5.74, 6) is 0.341. The minimum atomic E-state index is -0.295. The lowest BCUT2D eigenvalue weighted by Crippen LogP contribution is -2.07. The van der Waals surface area contributed by atoms with Gasteiger partial charge < -0.3 is 4.74 Å². The monoisotopic (exact) mass is 315 g/mol. The number of methoxy groups -OCH3 is 1. The normalized spacial score (nSPS) is 10.0. The number of hydrogen-bond donors (Lipinski definition) is 0. The van der Waals surface area contributed by atoms with Gasteiger partial charge in [-0.3, -0.25) is 4.79 Å². The lowest BCUT2D eigenvalue weighted by Gasteiger charge is -2.07. The number of amides is 1. The molecule has 0 N–H and O–H groups in total. The Labute approximate surface area is 141 Å². The Morgan fingerprint density at radius 1 is 0.750 bits per heavy atom. The highest BCUT2D eigenvalue weighted by molar-refractivity contribution is 6.18. The second kappa shape index (κ2) is 7.38. The second-order valence-corrected chi connectivity index (χ2v) is 5.23. The second-order valence-electron chi connectivity index (χ2n) is 5.23. The van der Waals surface area contributed by atoms with E-state index in [0.717, 1.165) is 11.1 Å². The van der Waals surface area contributed by atoms with E-state index in [2.05, 4.69) is 4.99 Å². The fourth-order valence-electron chi connectivity index (χ4n) is 2.41. The summed E-state index contributed by atoms with van der Waals surface area (Å²) >= 11 is 0.